The van der Waals surface area contributed by atoms with Gasteiger partial charge in [0.25, 0.3) is 0 Å². The molecule has 1 N–H and O–H groups in total. The Morgan fingerprint density at radius 2 is 2.12 bits per heavy atom. The van der Waals surface area contributed by atoms with Crippen LogP contribution in [-0.4, -0.2) is 53.6 Å². The molecule has 34 heavy (non-hydrogen) atoms. The van der Waals surface area contributed by atoms with E-state index in [0.29, 0.717) is 21.6 Å². The van der Waals surface area contributed by atoms with Crippen LogP contribution < -0.4 is 10.2 Å². The van der Waals surface area contributed by atoms with E-state index < -0.39 is 5.97 Å². The lowest BCUT2D eigenvalue weighted by atomic mass is 9.88. The van der Waals surface area contributed by atoms with E-state index in [4.69, 9.17) is 4.74 Å². The highest BCUT2D eigenvalue weighted by molar-refractivity contribution is 7.99. The molecule has 3 aromatic rings. The van der Waals surface area contributed by atoms with E-state index in [0.717, 1.165) is 41.9 Å². The molecule has 0 fully saturated rings. The molecule has 0 saturated carbocycles. The quantitative estimate of drug-likeness (QED) is 0.384. The number of fused-ring (bicyclic) bond motifs is 1. The minimum Gasteiger partial charge on any atom is -0.465 e. The van der Waals surface area contributed by atoms with Gasteiger partial charge in [0.15, 0.2) is 11.0 Å². The van der Waals surface area contributed by atoms with Crippen LogP contribution in [-0.2, 0) is 29.4 Å². The number of carbonyl (C=O) groups is 2. The summed E-state index contributed by atoms with van der Waals surface area (Å²) in [6.45, 7) is 2.21. The molecule has 1 atom stereocenters. The van der Waals surface area contributed by atoms with Crippen molar-refractivity contribution in [2.75, 3.05) is 37.2 Å². The number of thiophene rings is 1. The topological polar surface area (TPSA) is 89.3 Å². The van der Waals surface area contributed by atoms with Gasteiger partial charge in [-0.05, 0) is 42.9 Å². The van der Waals surface area contributed by atoms with Gasteiger partial charge >= 0.3 is 5.97 Å². The predicted molar refractivity (Wildman–Crippen MR) is 137 cm³/mol. The fourth-order valence-electron chi connectivity index (χ4n) is 4.06. The van der Waals surface area contributed by atoms with Crippen LogP contribution in [0.2, 0.25) is 0 Å². The highest BCUT2D eigenvalue weighted by atomic mass is 32.2. The fourth-order valence-corrected chi connectivity index (χ4v) is 6.19. The van der Waals surface area contributed by atoms with Crippen molar-refractivity contribution in [2.45, 2.75) is 31.3 Å². The molecule has 1 unspecified atom stereocenters. The molecular weight excluding hydrogens is 470 g/mol. The third-order valence-electron chi connectivity index (χ3n) is 5.94. The van der Waals surface area contributed by atoms with Crippen molar-refractivity contribution in [1.29, 1.82) is 0 Å². The highest BCUT2D eigenvalue weighted by Gasteiger charge is 2.29. The van der Waals surface area contributed by atoms with E-state index in [1.807, 2.05) is 48.8 Å². The number of methoxy groups -OCH3 is 1. The second-order valence-corrected chi connectivity index (χ2v) is 10.7. The standard InChI is InChI=1S/C24H29N5O3S2/c1-14-9-10-17-18(11-14)34-22(20(17)23(31)32-5)25-19(30)13-33-24-27-26-21(29(24)4)15-7-6-8-16(12-15)28(2)3/h6-8,12,14H,9-11,13H2,1-5H3,(H,25,30). The lowest BCUT2D eigenvalue weighted by Crippen LogP contribution is -2.17. The first-order chi connectivity index (χ1) is 16.3. The molecule has 1 aliphatic rings. The number of ether oxygens (including phenoxy) is 1. The normalized spacial score (nSPS) is 15.0. The van der Waals surface area contributed by atoms with Crippen LogP contribution in [0.5, 0.6) is 0 Å². The van der Waals surface area contributed by atoms with Crippen LogP contribution in [0.4, 0.5) is 10.7 Å². The van der Waals surface area contributed by atoms with Crippen LogP contribution in [0.3, 0.4) is 0 Å². The molecule has 0 radical (unpaired) electrons. The van der Waals surface area contributed by atoms with Crippen molar-refractivity contribution in [1.82, 2.24) is 14.8 Å². The van der Waals surface area contributed by atoms with Gasteiger partial charge in [-0.2, -0.15) is 0 Å². The Hall–Kier alpha value is -2.85. The summed E-state index contributed by atoms with van der Waals surface area (Å²) in [6.07, 6.45) is 2.78. The molecule has 0 aliphatic heterocycles. The molecule has 10 heteroatoms. The van der Waals surface area contributed by atoms with E-state index in [2.05, 4.69) is 28.5 Å². The van der Waals surface area contributed by atoms with Crippen LogP contribution in [0.25, 0.3) is 11.4 Å². The average molecular weight is 500 g/mol. The number of thioether (sulfide) groups is 1. The number of carbonyl (C=O) groups excluding carboxylic acids is 2. The second kappa shape index (κ2) is 10.2. The number of esters is 1. The number of nitrogens with one attached hydrogen (secondary N) is 1. The lowest BCUT2D eigenvalue weighted by Gasteiger charge is -2.18. The number of amides is 1. The number of rotatable bonds is 7. The molecular formula is C24H29N5O3S2. The van der Waals surface area contributed by atoms with E-state index in [1.54, 1.807) is 0 Å². The van der Waals surface area contributed by atoms with Gasteiger partial charge in [-0.1, -0.05) is 30.8 Å². The van der Waals surface area contributed by atoms with Gasteiger partial charge in [-0.25, -0.2) is 4.79 Å². The van der Waals surface area contributed by atoms with Crippen molar-refractivity contribution < 1.29 is 14.3 Å². The monoisotopic (exact) mass is 499 g/mol. The Morgan fingerprint density at radius 3 is 2.85 bits per heavy atom. The maximum atomic E-state index is 12.8. The Labute approximate surface area is 207 Å². The summed E-state index contributed by atoms with van der Waals surface area (Å²) in [6, 6.07) is 8.07. The summed E-state index contributed by atoms with van der Waals surface area (Å²) in [7, 11) is 7.25. The molecule has 0 bridgehead atoms. The number of nitrogens with zero attached hydrogens (tertiary/aromatic N) is 4. The molecule has 1 amide bonds. The van der Waals surface area contributed by atoms with Crippen molar-refractivity contribution in [2.24, 2.45) is 13.0 Å². The molecule has 0 saturated heterocycles. The SMILES string of the molecule is COC(=O)c1c(NC(=O)CSc2nnc(-c3cccc(N(C)C)c3)n2C)sc2c1CCC(C)C2. The molecule has 1 aliphatic carbocycles. The van der Waals surface area contributed by atoms with Crippen molar-refractivity contribution in [3.05, 3.63) is 40.3 Å². The van der Waals surface area contributed by atoms with E-state index in [1.165, 1.54) is 35.1 Å². The third-order valence-corrected chi connectivity index (χ3v) is 8.13. The smallest absolute Gasteiger partial charge is 0.341 e. The zero-order valence-corrected chi connectivity index (χ0v) is 21.7. The van der Waals surface area contributed by atoms with Gasteiger partial charge in [-0.3, -0.25) is 4.79 Å². The zero-order valence-electron chi connectivity index (χ0n) is 20.0. The summed E-state index contributed by atoms with van der Waals surface area (Å²) in [5, 5.41) is 12.8. The van der Waals surface area contributed by atoms with Crippen molar-refractivity contribution >= 4 is 45.7 Å². The summed E-state index contributed by atoms with van der Waals surface area (Å²) >= 11 is 2.80. The average Bonchev–Trinajstić information content (AvgIpc) is 3.36. The van der Waals surface area contributed by atoms with Gasteiger partial charge in [0.05, 0.1) is 18.4 Å². The Kier molecular flexibility index (Phi) is 7.27. The van der Waals surface area contributed by atoms with Crippen LogP contribution in [0, 0.1) is 5.92 Å². The number of hydrogen-bond donors (Lipinski definition) is 1. The molecule has 0 spiro atoms. The Bertz CT molecular complexity index is 1220. The largest absolute Gasteiger partial charge is 0.465 e. The highest BCUT2D eigenvalue weighted by Crippen LogP contribution is 2.40. The van der Waals surface area contributed by atoms with Crippen LogP contribution >= 0.6 is 23.1 Å². The van der Waals surface area contributed by atoms with Gasteiger partial charge < -0.3 is 19.5 Å². The first kappa shape index (κ1) is 24.3. The number of anilines is 2. The van der Waals surface area contributed by atoms with E-state index in [9.17, 15) is 9.59 Å². The summed E-state index contributed by atoms with van der Waals surface area (Å²) in [5.41, 5.74) is 3.56. The zero-order chi connectivity index (χ0) is 24.4. The molecule has 4 rings (SSSR count). The van der Waals surface area contributed by atoms with Gasteiger partial charge in [0.2, 0.25) is 5.91 Å². The second-order valence-electron chi connectivity index (χ2n) is 8.69. The number of benzene rings is 1. The van der Waals surface area contributed by atoms with Gasteiger partial charge in [-0.15, -0.1) is 21.5 Å². The maximum absolute atomic E-state index is 12.8. The van der Waals surface area contributed by atoms with Crippen molar-refractivity contribution in [3.8, 4) is 11.4 Å². The maximum Gasteiger partial charge on any atom is 0.341 e. The molecule has 2 aromatic heterocycles. The summed E-state index contributed by atoms with van der Waals surface area (Å²) in [5.74, 6) is 0.872. The van der Waals surface area contributed by atoms with Crippen molar-refractivity contribution in [3.63, 3.8) is 0 Å². The Balaban J connectivity index is 1.47. The van der Waals surface area contributed by atoms with Gasteiger partial charge in [0, 0.05) is 37.3 Å². The predicted octanol–water partition coefficient (Wildman–Crippen LogP) is 4.25. The third kappa shape index (κ3) is 4.97. The molecule has 2 heterocycles. The minimum absolute atomic E-state index is 0.156. The van der Waals surface area contributed by atoms with E-state index in [-0.39, 0.29) is 11.7 Å². The fraction of sp³-hybridized carbons (Fsp3) is 0.417. The lowest BCUT2D eigenvalue weighted by molar-refractivity contribution is -0.113. The summed E-state index contributed by atoms with van der Waals surface area (Å²) in [4.78, 5) is 28.5. The van der Waals surface area contributed by atoms with E-state index >= 15 is 0 Å². The van der Waals surface area contributed by atoms with Crippen LogP contribution in [0.15, 0.2) is 29.4 Å². The molecule has 180 valence electrons. The molecule has 8 nitrogen and oxygen atoms in total. The van der Waals surface area contributed by atoms with Gasteiger partial charge in [0.1, 0.15) is 5.00 Å². The first-order valence-electron chi connectivity index (χ1n) is 11.1. The first-order valence-corrected chi connectivity index (χ1v) is 12.9. The minimum atomic E-state index is -0.395. The number of hydrogen-bond acceptors (Lipinski definition) is 8. The van der Waals surface area contributed by atoms with Crippen LogP contribution in [0.1, 0.15) is 34.1 Å². The number of aromatic nitrogens is 3. The summed E-state index contributed by atoms with van der Waals surface area (Å²) < 4.78 is 6.90. The Morgan fingerprint density at radius 1 is 1.32 bits per heavy atom. The molecule has 1 aromatic carbocycles.